The Morgan fingerprint density at radius 3 is 2.30 bits per heavy atom. The summed E-state index contributed by atoms with van der Waals surface area (Å²) in [5.41, 5.74) is 0.179. The summed E-state index contributed by atoms with van der Waals surface area (Å²) in [4.78, 5) is 0. The maximum absolute atomic E-state index is 6.21. The summed E-state index contributed by atoms with van der Waals surface area (Å²) in [6.45, 7) is 7.61. The summed E-state index contributed by atoms with van der Waals surface area (Å²) < 4.78 is 6.18. The first kappa shape index (κ1) is 15.9. The lowest BCUT2D eigenvalue weighted by atomic mass is 9.58. The molecule has 112 valence electrons. The third kappa shape index (κ3) is 2.66. The van der Waals surface area contributed by atoms with E-state index in [-0.39, 0.29) is 11.5 Å². The highest BCUT2D eigenvalue weighted by molar-refractivity contribution is 6.37. The van der Waals surface area contributed by atoms with Crippen molar-refractivity contribution < 1.29 is 4.74 Å². The largest absolute Gasteiger partial charge is 0.487 e. The van der Waals surface area contributed by atoms with Crippen LogP contribution in [-0.4, -0.2) is 18.7 Å². The van der Waals surface area contributed by atoms with Gasteiger partial charge in [-0.15, -0.1) is 0 Å². The third-order valence-electron chi connectivity index (χ3n) is 4.73. The van der Waals surface area contributed by atoms with Crippen LogP contribution in [0.2, 0.25) is 10.0 Å². The van der Waals surface area contributed by atoms with Crippen LogP contribution in [0.3, 0.4) is 0 Å². The van der Waals surface area contributed by atoms with E-state index >= 15 is 0 Å². The van der Waals surface area contributed by atoms with E-state index in [2.05, 4.69) is 26.1 Å². The second-order valence-corrected chi connectivity index (χ2v) is 6.26. The van der Waals surface area contributed by atoms with Crippen LogP contribution in [0.5, 0.6) is 5.75 Å². The number of halogens is 2. The quantitative estimate of drug-likeness (QED) is 0.803. The van der Waals surface area contributed by atoms with E-state index < -0.39 is 0 Å². The minimum atomic E-state index is 0.179. The van der Waals surface area contributed by atoms with Gasteiger partial charge in [-0.2, -0.15) is 0 Å². The average Bonchev–Trinajstić information content (AvgIpc) is 2.42. The fourth-order valence-electron chi connectivity index (χ4n) is 3.38. The Kier molecular flexibility index (Phi) is 5.22. The van der Waals surface area contributed by atoms with Crippen LogP contribution >= 0.6 is 23.2 Å². The summed E-state index contributed by atoms with van der Waals surface area (Å²) in [5.74, 6) is 0.627. The molecule has 2 rings (SSSR count). The molecular formula is C16H23Cl2NO. The average molecular weight is 316 g/mol. The number of benzene rings is 1. The van der Waals surface area contributed by atoms with Crippen LogP contribution < -0.4 is 10.1 Å². The van der Waals surface area contributed by atoms with E-state index in [0.717, 1.165) is 25.8 Å². The van der Waals surface area contributed by atoms with E-state index in [1.54, 1.807) is 0 Å². The second kappa shape index (κ2) is 6.55. The molecule has 1 fully saturated rings. The molecule has 1 aliphatic carbocycles. The molecule has 1 saturated carbocycles. The van der Waals surface area contributed by atoms with Crippen molar-refractivity contribution in [2.24, 2.45) is 5.41 Å². The molecule has 1 aromatic rings. The van der Waals surface area contributed by atoms with Crippen molar-refractivity contribution in [1.82, 2.24) is 5.32 Å². The summed E-state index contributed by atoms with van der Waals surface area (Å²) in [5, 5.41) is 4.75. The van der Waals surface area contributed by atoms with Crippen LogP contribution in [0.4, 0.5) is 0 Å². The maximum atomic E-state index is 6.21. The van der Waals surface area contributed by atoms with Crippen molar-refractivity contribution in [3.8, 4) is 5.75 Å². The molecule has 0 heterocycles. The predicted molar refractivity (Wildman–Crippen MR) is 86.0 cm³/mol. The van der Waals surface area contributed by atoms with Gasteiger partial charge >= 0.3 is 0 Å². The molecule has 0 aromatic heterocycles. The Balaban J connectivity index is 2.18. The number of para-hydroxylation sites is 1. The van der Waals surface area contributed by atoms with Crippen LogP contribution in [0.1, 0.15) is 40.0 Å². The highest BCUT2D eigenvalue weighted by Crippen LogP contribution is 2.50. The van der Waals surface area contributed by atoms with E-state index in [0.29, 0.717) is 21.8 Å². The van der Waals surface area contributed by atoms with Crippen LogP contribution in [0, 0.1) is 5.41 Å². The van der Waals surface area contributed by atoms with Gasteiger partial charge in [-0.05, 0) is 31.5 Å². The Morgan fingerprint density at radius 2 is 1.80 bits per heavy atom. The predicted octanol–water partition coefficient (Wildman–Crippen LogP) is 4.93. The lowest BCUT2D eigenvalue weighted by Crippen LogP contribution is -2.64. The summed E-state index contributed by atoms with van der Waals surface area (Å²) in [6.07, 6.45) is 3.37. The third-order valence-corrected chi connectivity index (χ3v) is 5.33. The highest BCUT2D eigenvalue weighted by atomic mass is 35.5. The molecule has 0 radical (unpaired) electrons. The molecule has 0 saturated heterocycles. The van der Waals surface area contributed by atoms with Crippen molar-refractivity contribution in [3.63, 3.8) is 0 Å². The van der Waals surface area contributed by atoms with Gasteiger partial charge < -0.3 is 10.1 Å². The molecule has 4 heteroatoms. The zero-order valence-electron chi connectivity index (χ0n) is 12.4. The first-order chi connectivity index (χ1) is 9.58. The van der Waals surface area contributed by atoms with Crippen molar-refractivity contribution in [2.75, 3.05) is 6.54 Å². The molecule has 0 aliphatic heterocycles. The molecule has 20 heavy (non-hydrogen) atoms. The first-order valence-electron chi connectivity index (χ1n) is 7.43. The van der Waals surface area contributed by atoms with Gasteiger partial charge in [0.15, 0.2) is 5.75 Å². The highest BCUT2D eigenvalue weighted by Gasteiger charge is 2.54. The molecule has 0 bridgehead atoms. The normalized spacial score (nSPS) is 24.2. The molecule has 2 unspecified atom stereocenters. The Morgan fingerprint density at radius 1 is 1.20 bits per heavy atom. The number of rotatable bonds is 6. The SMILES string of the molecule is CCNC1CC(Oc2c(Cl)cccc2Cl)C1(CC)CC. The van der Waals surface area contributed by atoms with Crippen LogP contribution in [0.15, 0.2) is 18.2 Å². The number of nitrogens with one attached hydrogen (secondary N) is 1. The van der Waals surface area contributed by atoms with E-state index in [4.69, 9.17) is 27.9 Å². The Bertz CT molecular complexity index is 440. The lowest BCUT2D eigenvalue weighted by Gasteiger charge is -2.55. The minimum Gasteiger partial charge on any atom is -0.487 e. The zero-order valence-corrected chi connectivity index (χ0v) is 13.9. The number of hydrogen-bond donors (Lipinski definition) is 1. The van der Waals surface area contributed by atoms with Gasteiger partial charge in [0.05, 0.1) is 10.0 Å². The van der Waals surface area contributed by atoms with Crippen molar-refractivity contribution in [1.29, 1.82) is 0 Å². The fraction of sp³-hybridized carbons (Fsp3) is 0.625. The van der Waals surface area contributed by atoms with Gasteiger partial charge in [-0.25, -0.2) is 0 Å². The van der Waals surface area contributed by atoms with Gasteiger partial charge in [0.25, 0.3) is 0 Å². The van der Waals surface area contributed by atoms with Crippen molar-refractivity contribution in [2.45, 2.75) is 52.2 Å². The number of ether oxygens (including phenoxy) is 1. The zero-order chi connectivity index (χ0) is 14.8. The molecule has 0 amide bonds. The standard InChI is InChI=1S/C16H23Cl2NO/c1-4-16(5-2)13(19-6-3)10-14(16)20-15-11(17)8-7-9-12(15)18/h7-9,13-14,19H,4-6,10H2,1-3H3. The van der Waals surface area contributed by atoms with Crippen LogP contribution in [-0.2, 0) is 0 Å². The molecule has 1 aromatic carbocycles. The Hall–Kier alpha value is -0.440. The monoisotopic (exact) mass is 315 g/mol. The molecule has 2 atom stereocenters. The van der Waals surface area contributed by atoms with Gasteiger partial charge in [0.2, 0.25) is 0 Å². The molecule has 0 spiro atoms. The van der Waals surface area contributed by atoms with Crippen molar-refractivity contribution >= 4 is 23.2 Å². The topological polar surface area (TPSA) is 21.3 Å². The minimum absolute atomic E-state index is 0.179. The second-order valence-electron chi connectivity index (χ2n) is 5.44. The van der Waals surface area contributed by atoms with Gasteiger partial charge in [0, 0.05) is 17.9 Å². The molecule has 1 aliphatic rings. The van der Waals surface area contributed by atoms with E-state index in [1.165, 1.54) is 0 Å². The Labute approximate surface area is 131 Å². The first-order valence-corrected chi connectivity index (χ1v) is 8.18. The lowest BCUT2D eigenvalue weighted by molar-refractivity contribution is -0.0853. The van der Waals surface area contributed by atoms with Gasteiger partial charge in [0.1, 0.15) is 6.10 Å². The van der Waals surface area contributed by atoms with Gasteiger partial charge in [-0.3, -0.25) is 0 Å². The van der Waals surface area contributed by atoms with Gasteiger partial charge in [-0.1, -0.05) is 50.0 Å². The van der Waals surface area contributed by atoms with E-state index in [1.807, 2.05) is 18.2 Å². The smallest absolute Gasteiger partial charge is 0.156 e. The molecule has 1 N–H and O–H groups in total. The van der Waals surface area contributed by atoms with Crippen LogP contribution in [0.25, 0.3) is 0 Å². The van der Waals surface area contributed by atoms with Crippen molar-refractivity contribution in [3.05, 3.63) is 28.2 Å². The molecular weight excluding hydrogens is 293 g/mol. The summed E-state index contributed by atoms with van der Waals surface area (Å²) >= 11 is 12.4. The maximum Gasteiger partial charge on any atom is 0.156 e. The van der Waals surface area contributed by atoms with E-state index in [9.17, 15) is 0 Å². The fourth-order valence-corrected chi connectivity index (χ4v) is 3.87. The summed E-state index contributed by atoms with van der Waals surface area (Å²) in [7, 11) is 0. The summed E-state index contributed by atoms with van der Waals surface area (Å²) in [6, 6.07) is 6.01. The molecule has 2 nitrogen and oxygen atoms in total. The number of hydrogen-bond acceptors (Lipinski definition) is 2.